The van der Waals surface area contributed by atoms with Crippen molar-refractivity contribution in [2.45, 2.75) is 13.3 Å². The fraction of sp³-hybridized carbons (Fsp3) is 0.273. The molecule has 31 heavy (non-hydrogen) atoms. The average molecular weight is 440 g/mol. The molecule has 2 aromatic carbocycles. The van der Waals surface area contributed by atoms with Crippen LogP contribution in [0.25, 0.3) is 10.9 Å². The summed E-state index contributed by atoms with van der Waals surface area (Å²) < 4.78 is 14.3. The summed E-state index contributed by atoms with van der Waals surface area (Å²) >= 11 is 5.84. The van der Waals surface area contributed by atoms with E-state index in [1.165, 1.54) is 24.5 Å². The van der Waals surface area contributed by atoms with Gasteiger partial charge in [-0.3, -0.25) is 10.1 Å². The third-order valence-electron chi connectivity index (χ3n) is 5.32. The number of nitro benzene ring substituents is 1. The molecule has 158 valence electrons. The van der Waals surface area contributed by atoms with Crippen molar-refractivity contribution >= 4 is 39.7 Å². The van der Waals surface area contributed by atoms with Gasteiger partial charge in [0.05, 0.1) is 21.2 Å². The fourth-order valence-corrected chi connectivity index (χ4v) is 3.86. The van der Waals surface area contributed by atoms with E-state index in [0.717, 1.165) is 19.5 Å². The molecule has 0 radical (unpaired) electrons. The van der Waals surface area contributed by atoms with Crippen molar-refractivity contribution in [3.05, 3.63) is 63.2 Å². The van der Waals surface area contributed by atoms with Gasteiger partial charge in [0.15, 0.2) is 5.82 Å². The largest absolute Gasteiger partial charge is 0.337 e. The maximum Gasteiger partial charge on any atom is 0.285 e. The van der Waals surface area contributed by atoms with Gasteiger partial charge < -0.3 is 10.2 Å². The number of aromatic nitrogens is 2. The van der Waals surface area contributed by atoms with Gasteiger partial charge in [0.1, 0.15) is 17.7 Å². The van der Waals surface area contributed by atoms with Crippen molar-refractivity contribution in [3.63, 3.8) is 0 Å². The Hall–Kier alpha value is -3.28. The van der Waals surface area contributed by atoms with Crippen LogP contribution in [0, 0.1) is 33.2 Å². The molecule has 1 atom stereocenters. The first kappa shape index (κ1) is 21.0. The second-order valence-corrected chi connectivity index (χ2v) is 8.30. The molecule has 1 aliphatic heterocycles. The Labute approximate surface area is 183 Å². The molecule has 1 aromatic heterocycles. The first-order valence-corrected chi connectivity index (χ1v) is 9.99. The van der Waals surface area contributed by atoms with Crippen LogP contribution < -0.4 is 5.32 Å². The first-order valence-electron chi connectivity index (χ1n) is 9.62. The highest BCUT2D eigenvalue weighted by Gasteiger charge is 2.30. The topological polar surface area (TPSA) is 84.2 Å². The Morgan fingerprint density at radius 2 is 2.16 bits per heavy atom. The second kappa shape index (κ2) is 8.10. The molecule has 3 aromatic rings. The van der Waals surface area contributed by atoms with E-state index in [0.29, 0.717) is 10.9 Å². The molecule has 1 saturated heterocycles. The molecule has 0 amide bonds. The molecule has 2 heterocycles. The van der Waals surface area contributed by atoms with Crippen LogP contribution in [0.5, 0.6) is 0 Å². The van der Waals surface area contributed by atoms with Crippen molar-refractivity contribution in [1.82, 2.24) is 14.9 Å². The summed E-state index contributed by atoms with van der Waals surface area (Å²) in [5.74, 6) is 5.81. The van der Waals surface area contributed by atoms with E-state index in [2.05, 4.69) is 38.9 Å². The van der Waals surface area contributed by atoms with Crippen LogP contribution in [0.2, 0.25) is 5.02 Å². The molecule has 0 unspecified atom stereocenters. The summed E-state index contributed by atoms with van der Waals surface area (Å²) in [7, 11) is 2.03. The van der Waals surface area contributed by atoms with E-state index >= 15 is 0 Å². The Morgan fingerprint density at radius 1 is 1.35 bits per heavy atom. The van der Waals surface area contributed by atoms with E-state index in [1.54, 1.807) is 12.1 Å². The van der Waals surface area contributed by atoms with Crippen LogP contribution in [-0.2, 0) is 0 Å². The minimum Gasteiger partial charge on any atom is -0.337 e. The molecule has 1 fully saturated rings. The fourth-order valence-electron chi connectivity index (χ4n) is 3.68. The number of anilines is 2. The molecular formula is C22H19ClFN5O2. The van der Waals surface area contributed by atoms with Crippen molar-refractivity contribution in [2.75, 3.05) is 25.5 Å². The highest BCUT2D eigenvalue weighted by atomic mass is 35.5. The van der Waals surface area contributed by atoms with Crippen LogP contribution in [0.3, 0.4) is 0 Å². The van der Waals surface area contributed by atoms with Gasteiger partial charge in [0.2, 0.25) is 0 Å². The number of nitro groups is 1. The average Bonchev–Trinajstić information content (AvgIpc) is 3.08. The van der Waals surface area contributed by atoms with Gasteiger partial charge in [-0.05, 0) is 45.1 Å². The number of likely N-dealkylation sites (tertiary alicyclic amines) is 1. The van der Waals surface area contributed by atoms with Crippen molar-refractivity contribution in [1.29, 1.82) is 0 Å². The lowest BCUT2D eigenvalue weighted by Gasteiger charge is -2.15. The molecular weight excluding hydrogens is 421 g/mol. The Balaban J connectivity index is 1.78. The minimum atomic E-state index is -0.636. The number of nitrogens with one attached hydrogen (secondary N) is 1. The van der Waals surface area contributed by atoms with Gasteiger partial charge in [-0.25, -0.2) is 14.4 Å². The standard InChI is InChI=1S/C22H19ClFN5O2/c1-22(8-9-28(2)12-22)7-6-14-10-18-15(11-19(14)29(30)31)21(26-13-25-18)27-17-5-3-4-16(23)20(17)24/h3-5,10-11,13H,8-9,12H2,1-2H3,(H,25,26,27)/t22-/m1/s1. The van der Waals surface area contributed by atoms with Crippen LogP contribution in [-0.4, -0.2) is 39.9 Å². The monoisotopic (exact) mass is 439 g/mol. The summed E-state index contributed by atoms with van der Waals surface area (Å²) in [4.78, 5) is 21.8. The van der Waals surface area contributed by atoms with Crippen LogP contribution in [0.15, 0.2) is 36.7 Å². The summed E-state index contributed by atoms with van der Waals surface area (Å²) in [5, 5.41) is 14.9. The van der Waals surface area contributed by atoms with Crippen LogP contribution in [0.1, 0.15) is 18.9 Å². The van der Waals surface area contributed by atoms with Gasteiger partial charge >= 0.3 is 0 Å². The zero-order valence-electron chi connectivity index (χ0n) is 16.9. The van der Waals surface area contributed by atoms with E-state index in [1.807, 2.05) is 7.05 Å². The molecule has 0 aliphatic carbocycles. The number of benzene rings is 2. The van der Waals surface area contributed by atoms with Crippen LogP contribution >= 0.6 is 11.6 Å². The normalized spacial score (nSPS) is 18.6. The summed E-state index contributed by atoms with van der Waals surface area (Å²) in [5.41, 5.74) is 0.479. The molecule has 7 nitrogen and oxygen atoms in total. The van der Waals surface area contributed by atoms with E-state index in [9.17, 15) is 14.5 Å². The molecule has 0 spiro atoms. The van der Waals surface area contributed by atoms with E-state index in [-0.39, 0.29) is 33.2 Å². The molecule has 0 bridgehead atoms. The van der Waals surface area contributed by atoms with Gasteiger partial charge in [0, 0.05) is 23.4 Å². The lowest BCUT2D eigenvalue weighted by atomic mass is 9.90. The highest BCUT2D eigenvalue weighted by Crippen LogP contribution is 2.32. The SMILES string of the molecule is CN1CC[C@@](C)(C#Cc2cc3ncnc(Nc4cccc(Cl)c4F)c3cc2[N+](=O)[O-])C1. The van der Waals surface area contributed by atoms with Crippen molar-refractivity contribution < 1.29 is 9.31 Å². The lowest BCUT2D eigenvalue weighted by Crippen LogP contribution is -2.20. The molecule has 0 saturated carbocycles. The van der Waals surface area contributed by atoms with Crippen molar-refractivity contribution in [2.24, 2.45) is 5.41 Å². The summed E-state index contributed by atoms with van der Waals surface area (Å²) in [6, 6.07) is 7.46. The number of hydrogen-bond acceptors (Lipinski definition) is 6. The second-order valence-electron chi connectivity index (χ2n) is 7.89. The zero-order valence-corrected chi connectivity index (χ0v) is 17.7. The number of halogens is 2. The summed E-state index contributed by atoms with van der Waals surface area (Å²) in [6.45, 7) is 3.80. The number of rotatable bonds is 3. The van der Waals surface area contributed by atoms with E-state index in [4.69, 9.17) is 11.6 Å². The maximum atomic E-state index is 14.3. The third-order valence-corrected chi connectivity index (χ3v) is 5.61. The first-order chi connectivity index (χ1) is 14.8. The molecule has 9 heteroatoms. The lowest BCUT2D eigenvalue weighted by molar-refractivity contribution is -0.385. The maximum absolute atomic E-state index is 14.3. The van der Waals surface area contributed by atoms with Gasteiger partial charge in [0.25, 0.3) is 5.69 Å². The van der Waals surface area contributed by atoms with Crippen molar-refractivity contribution in [3.8, 4) is 11.8 Å². The predicted molar refractivity (Wildman–Crippen MR) is 118 cm³/mol. The minimum absolute atomic E-state index is 0.0436. The Kier molecular flexibility index (Phi) is 5.48. The smallest absolute Gasteiger partial charge is 0.285 e. The Morgan fingerprint density at radius 3 is 2.87 bits per heavy atom. The van der Waals surface area contributed by atoms with E-state index < -0.39 is 10.7 Å². The molecule has 1 N–H and O–H groups in total. The number of nitrogens with zero attached hydrogens (tertiary/aromatic N) is 4. The molecule has 1 aliphatic rings. The predicted octanol–water partition coefficient (Wildman–Crippen LogP) is 4.77. The van der Waals surface area contributed by atoms with Crippen LogP contribution in [0.4, 0.5) is 21.6 Å². The Bertz CT molecular complexity index is 1260. The van der Waals surface area contributed by atoms with Gasteiger partial charge in [-0.15, -0.1) is 0 Å². The van der Waals surface area contributed by atoms with Gasteiger partial charge in [-0.2, -0.15) is 0 Å². The third kappa shape index (κ3) is 4.29. The summed E-state index contributed by atoms with van der Waals surface area (Å²) in [6.07, 6.45) is 2.21. The van der Waals surface area contributed by atoms with Gasteiger partial charge in [-0.1, -0.05) is 29.5 Å². The quantitative estimate of drug-likeness (QED) is 0.359. The highest BCUT2D eigenvalue weighted by molar-refractivity contribution is 6.31. The number of fused-ring (bicyclic) bond motifs is 1. The molecule has 4 rings (SSSR count). The zero-order chi connectivity index (χ0) is 22.2. The number of hydrogen-bond donors (Lipinski definition) is 1.